The van der Waals surface area contributed by atoms with Crippen LogP contribution in [-0.4, -0.2) is 49.4 Å². The van der Waals surface area contributed by atoms with Crippen molar-refractivity contribution in [3.05, 3.63) is 71.5 Å². The molecule has 1 amide bonds. The van der Waals surface area contributed by atoms with Crippen molar-refractivity contribution in [2.24, 2.45) is 0 Å². The maximum Gasteiger partial charge on any atom is 0.260 e. The molecule has 0 bridgehead atoms. The van der Waals surface area contributed by atoms with Gasteiger partial charge < -0.3 is 4.90 Å². The number of carbonyl (C=O) groups is 2. The third kappa shape index (κ3) is 3.04. The van der Waals surface area contributed by atoms with Crippen molar-refractivity contribution in [2.45, 2.75) is 6.92 Å². The summed E-state index contributed by atoms with van der Waals surface area (Å²) in [5.74, 6) is -0.473. The summed E-state index contributed by atoms with van der Waals surface area (Å²) in [7, 11) is 0. The maximum absolute atomic E-state index is 14.5. The number of amides is 1. The second-order valence-electron chi connectivity index (χ2n) is 7.88. The Morgan fingerprint density at radius 1 is 0.967 bits per heavy atom. The van der Waals surface area contributed by atoms with Gasteiger partial charge in [-0.2, -0.15) is 0 Å². The van der Waals surface area contributed by atoms with Crippen LogP contribution in [0.25, 0.3) is 10.8 Å². The molecule has 1 fully saturated rings. The Balaban J connectivity index is 1.29. The van der Waals surface area contributed by atoms with E-state index in [0.717, 1.165) is 35.1 Å². The van der Waals surface area contributed by atoms with Gasteiger partial charge in [0.2, 0.25) is 0 Å². The zero-order valence-electron chi connectivity index (χ0n) is 16.8. The van der Waals surface area contributed by atoms with Crippen LogP contribution in [0.1, 0.15) is 27.6 Å². The summed E-state index contributed by atoms with van der Waals surface area (Å²) < 4.78 is 14.5. The molecule has 3 aromatic rings. The number of hydrogen-bond acceptors (Lipinski definition) is 4. The van der Waals surface area contributed by atoms with Crippen molar-refractivity contribution in [2.75, 3.05) is 42.6 Å². The molecule has 0 N–H and O–H groups in total. The van der Waals surface area contributed by atoms with Gasteiger partial charge in [0.1, 0.15) is 5.82 Å². The summed E-state index contributed by atoms with van der Waals surface area (Å²) in [6, 6.07) is 16.5. The lowest BCUT2D eigenvalue weighted by Gasteiger charge is -2.38. The van der Waals surface area contributed by atoms with Crippen molar-refractivity contribution in [3.8, 4) is 0 Å². The molecule has 0 atom stereocenters. The molecule has 5 nitrogen and oxygen atoms in total. The zero-order chi connectivity index (χ0) is 20.8. The molecule has 6 heteroatoms. The first-order valence-corrected chi connectivity index (χ1v) is 10.1. The van der Waals surface area contributed by atoms with E-state index in [1.807, 2.05) is 46.2 Å². The Labute approximate surface area is 174 Å². The van der Waals surface area contributed by atoms with Crippen LogP contribution < -0.4 is 9.80 Å². The number of rotatable bonds is 4. The van der Waals surface area contributed by atoms with Crippen LogP contribution in [0.2, 0.25) is 0 Å². The van der Waals surface area contributed by atoms with Gasteiger partial charge in [0.05, 0.1) is 18.0 Å². The van der Waals surface area contributed by atoms with Gasteiger partial charge >= 0.3 is 0 Å². The number of benzene rings is 3. The molecule has 0 spiro atoms. The Morgan fingerprint density at radius 2 is 1.70 bits per heavy atom. The summed E-state index contributed by atoms with van der Waals surface area (Å²) in [6.07, 6.45) is 0. The molecule has 0 aromatic heterocycles. The van der Waals surface area contributed by atoms with Gasteiger partial charge in [-0.25, -0.2) is 4.39 Å². The topological polar surface area (TPSA) is 43.9 Å². The van der Waals surface area contributed by atoms with Gasteiger partial charge in [0.15, 0.2) is 5.78 Å². The molecule has 1 saturated heterocycles. The van der Waals surface area contributed by atoms with Crippen LogP contribution in [0.3, 0.4) is 0 Å². The SMILES string of the molecule is CC(=O)c1ccc(N2CCN(CN3C(=O)c4cccc5cccc3c45)CC2)c(F)c1. The van der Waals surface area contributed by atoms with Gasteiger partial charge in [-0.1, -0.05) is 24.3 Å². The number of carbonyl (C=O) groups excluding carboxylic acids is 2. The lowest BCUT2D eigenvalue weighted by atomic mass is 10.1. The first-order chi connectivity index (χ1) is 14.5. The smallest absolute Gasteiger partial charge is 0.260 e. The minimum absolute atomic E-state index is 0.0371. The van der Waals surface area contributed by atoms with Crippen molar-refractivity contribution < 1.29 is 14.0 Å². The van der Waals surface area contributed by atoms with Crippen molar-refractivity contribution in [1.82, 2.24) is 4.90 Å². The third-order valence-corrected chi connectivity index (χ3v) is 6.06. The van der Waals surface area contributed by atoms with E-state index in [1.54, 1.807) is 12.1 Å². The van der Waals surface area contributed by atoms with Crippen LogP contribution in [0.5, 0.6) is 0 Å². The van der Waals surface area contributed by atoms with E-state index < -0.39 is 0 Å². The zero-order valence-corrected chi connectivity index (χ0v) is 16.8. The molecule has 0 aliphatic carbocycles. The van der Waals surface area contributed by atoms with Crippen LogP contribution >= 0.6 is 0 Å². The van der Waals surface area contributed by atoms with Gasteiger partial charge in [-0.3, -0.25) is 19.4 Å². The van der Waals surface area contributed by atoms with Gasteiger partial charge in [0, 0.05) is 42.7 Å². The predicted molar refractivity (Wildman–Crippen MR) is 116 cm³/mol. The Bertz CT molecular complexity index is 1160. The minimum atomic E-state index is -0.368. The molecule has 30 heavy (non-hydrogen) atoms. The Morgan fingerprint density at radius 3 is 2.40 bits per heavy atom. The fraction of sp³-hybridized carbons (Fsp3) is 0.250. The van der Waals surface area contributed by atoms with Crippen LogP contribution in [0, 0.1) is 5.82 Å². The molecular weight excluding hydrogens is 381 g/mol. The van der Waals surface area contributed by atoms with E-state index in [4.69, 9.17) is 0 Å². The molecule has 2 heterocycles. The van der Waals surface area contributed by atoms with Crippen LogP contribution in [0.15, 0.2) is 54.6 Å². The molecule has 2 aliphatic rings. The van der Waals surface area contributed by atoms with E-state index in [1.165, 1.54) is 13.0 Å². The quantitative estimate of drug-likeness (QED) is 0.620. The number of hydrogen-bond donors (Lipinski definition) is 0. The number of nitrogens with zero attached hydrogens (tertiary/aromatic N) is 3. The Kier molecular flexibility index (Phi) is 4.51. The lowest BCUT2D eigenvalue weighted by Crippen LogP contribution is -2.51. The summed E-state index contributed by atoms with van der Waals surface area (Å²) in [6.45, 7) is 4.73. The molecular formula is C24H22FN3O2. The second kappa shape index (κ2) is 7.22. The van der Waals surface area contributed by atoms with E-state index in [-0.39, 0.29) is 17.5 Å². The van der Waals surface area contributed by atoms with E-state index in [2.05, 4.69) is 4.90 Å². The maximum atomic E-state index is 14.5. The number of anilines is 2. The van der Waals surface area contributed by atoms with Crippen molar-refractivity contribution >= 4 is 33.8 Å². The standard InChI is InChI=1S/C24H22FN3O2/c1-16(29)18-8-9-21(20(25)14-18)27-12-10-26(11-13-27)15-28-22-7-3-5-17-4-2-6-19(23(17)22)24(28)30/h2-9,14H,10-13,15H2,1H3. The molecule has 152 valence electrons. The first-order valence-electron chi connectivity index (χ1n) is 10.1. The molecule has 3 aromatic carbocycles. The van der Waals surface area contributed by atoms with Crippen molar-refractivity contribution in [1.29, 1.82) is 0 Å². The van der Waals surface area contributed by atoms with E-state index in [0.29, 0.717) is 31.0 Å². The highest BCUT2D eigenvalue weighted by atomic mass is 19.1. The first kappa shape index (κ1) is 18.8. The number of Topliss-reactive ketones (excluding diaryl/α,β-unsaturated/α-hetero) is 1. The van der Waals surface area contributed by atoms with Gasteiger partial charge in [-0.05, 0) is 42.6 Å². The summed E-state index contributed by atoms with van der Waals surface area (Å²) >= 11 is 0. The normalized spacial score (nSPS) is 16.5. The van der Waals surface area contributed by atoms with Crippen LogP contribution in [0.4, 0.5) is 15.8 Å². The van der Waals surface area contributed by atoms with Crippen molar-refractivity contribution in [3.63, 3.8) is 0 Å². The largest absolute Gasteiger partial charge is 0.367 e. The predicted octanol–water partition coefficient (Wildman–Crippen LogP) is 3.92. The number of ketones is 1. The van der Waals surface area contributed by atoms with Crippen LogP contribution in [-0.2, 0) is 0 Å². The second-order valence-corrected chi connectivity index (χ2v) is 7.88. The van der Waals surface area contributed by atoms with E-state index >= 15 is 0 Å². The third-order valence-electron chi connectivity index (χ3n) is 6.06. The lowest BCUT2D eigenvalue weighted by molar-refractivity contribution is 0.0971. The average molecular weight is 403 g/mol. The number of piperazine rings is 1. The fourth-order valence-electron chi connectivity index (χ4n) is 4.43. The molecule has 0 radical (unpaired) electrons. The average Bonchev–Trinajstić information content (AvgIpc) is 3.02. The fourth-order valence-corrected chi connectivity index (χ4v) is 4.43. The summed E-state index contributed by atoms with van der Waals surface area (Å²) in [4.78, 5) is 30.5. The summed E-state index contributed by atoms with van der Waals surface area (Å²) in [5.41, 5.74) is 2.63. The highest BCUT2D eigenvalue weighted by Crippen LogP contribution is 2.37. The summed E-state index contributed by atoms with van der Waals surface area (Å²) in [5, 5.41) is 2.10. The molecule has 2 aliphatic heterocycles. The van der Waals surface area contributed by atoms with E-state index in [9.17, 15) is 14.0 Å². The highest BCUT2D eigenvalue weighted by Gasteiger charge is 2.31. The Hall–Kier alpha value is -3.25. The molecule has 5 rings (SSSR count). The van der Waals surface area contributed by atoms with Gasteiger partial charge in [-0.15, -0.1) is 0 Å². The monoisotopic (exact) mass is 403 g/mol. The molecule has 0 saturated carbocycles. The minimum Gasteiger partial charge on any atom is -0.367 e. The molecule has 0 unspecified atom stereocenters. The number of halogens is 1. The highest BCUT2D eigenvalue weighted by molar-refractivity contribution is 6.24. The van der Waals surface area contributed by atoms with Gasteiger partial charge in [0.25, 0.3) is 5.91 Å².